The lowest BCUT2D eigenvalue weighted by molar-refractivity contribution is 0.177. The van der Waals surface area contributed by atoms with E-state index in [1.807, 2.05) is 37.4 Å². The minimum atomic E-state index is -0.542. The lowest BCUT2D eigenvalue weighted by Crippen LogP contribution is -2.03. The van der Waals surface area contributed by atoms with Gasteiger partial charge in [-0.05, 0) is 37.1 Å². The van der Waals surface area contributed by atoms with Gasteiger partial charge in [0.1, 0.15) is 0 Å². The summed E-state index contributed by atoms with van der Waals surface area (Å²) in [6.45, 7) is 3.93. The fourth-order valence-corrected chi connectivity index (χ4v) is 2.73. The molecule has 1 N–H and O–H groups in total. The molecular formula is C13H14ClNOS. The van der Waals surface area contributed by atoms with Crippen molar-refractivity contribution in [3.05, 3.63) is 50.4 Å². The van der Waals surface area contributed by atoms with E-state index in [-0.39, 0.29) is 0 Å². The van der Waals surface area contributed by atoms with E-state index >= 15 is 0 Å². The van der Waals surface area contributed by atoms with Crippen LogP contribution < -0.4 is 0 Å². The number of rotatable bonds is 3. The van der Waals surface area contributed by atoms with Gasteiger partial charge in [0.25, 0.3) is 0 Å². The summed E-state index contributed by atoms with van der Waals surface area (Å²) in [6, 6.07) is 5.58. The number of halogens is 1. The first-order valence-electron chi connectivity index (χ1n) is 5.41. The average molecular weight is 268 g/mol. The molecule has 0 saturated carbocycles. The molecule has 1 aromatic heterocycles. The lowest BCUT2D eigenvalue weighted by Gasteiger charge is -2.12. The van der Waals surface area contributed by atoms with Gasteiger partial charge in [0, 0.05) is 22.5 Å². The van der Waals surface area contributed by atoms with E-state index in [2.05, 4.69) is 4.98 Å². The molecule has 0 aliphatic rings. The molecule has 2 nitrogen and oxygen atoms in total. The van der Waals surface area contributed by atoms with Crippen molar-refractivity contribution in [2.75, 3.05) is 0 Å². The van der Waals surface area contributed by atoms with Crippen LogP contribution in [0.3, 0.4) is 0 Å². The van der Waals surface area contributed by atoms with Crippen molar-refractivity contribution in [3.63, 3.8) is 0 Å². The lowest BCUT2D eigenvalue weighted by atomic mass is 10.0. The Kier molecular flexibility index (Phi) is 3.82. The maximum Gasteiger partial charge on any atom is 0.0957 e. The third-order valence-electron chi connectivity index (χ3n) is 2.63. The predicted octanol–water partition coefficient (Wildman–Crippen LogP) is 3.69. The Morgan fingerprint density at radius 3 is 2.82 bits per heavy atom. The molecule has 0 saturated heterocycles. The summed E-state index contributed by atoms with van der Waals surface area (Å²) in [7, 11) is 0. The van der Waals surface area contributed by atoms with Crippen LogP contribution >= 0.6 is 22.9 Å². The number of aliphatic hydroxyl groups excluding tert-OH is 1. The molecule has 1 atom stereocenters. The first-order valence-corrected chi connectivity index (χ1v) is 6.67. The number of aryl methyl sites for hydroxylation is 2. The van der Waals surface area contributed by atoms with Gasteiger partial charge < -0.3 is 5.11 Å². The highest BCUT2D eigenvalue weighted by Gasteiger charge is 2.13. The molecule has 1 heterocycles. The fourth-order valence-electron chi connectivity index (χ4n) is 1.74. The summed E-state index contributed by atoms with van der Waals surface area (Å²) in [4.78, 5) is 4.35. The third-order valence-corrected chi connectivity index (χ3v) is 3.86. The fraction of sp³-hybridized carbons (Fsp3) is 0.308. The van der Waals surface area contributed by atoms with Crippen LogP contribution in [0.2, 0.25) is 5.02 Å². The summed E-state index contributed by atoms with van der Waals surface area (Å²) in [6.07, 6.45) is -0.00100. The normalized spacial score (nSPS) is 12.7. The average Bonchev–Trinajstić information content (AvgIpc) is 2.67. The third kappa shape index (κ3) is 3.06. The van der Waals surface area contributed by atoms with Crippen LogP contribution in [-0.4, -0.2) is 10.1 Å². The molecule has 2 aromatic rings. The summed E-state index contributed by atoms with van der Waals surface area (Å²) >= 11 is 7.52. The Morgan fingerprint density at radius 1 is 1.41 bits per heavy atom. The van der Waals surface area contributed by atoms with Crippen molar-refractivity contribution >= 4 is 22.9 Å². The van der Waals surface area contributed by atoms with Crippen LogP contribution in [0.15, 0.2) is 23.6 Å². The first-order chi connectivity index (χ1) is 8.06. The molecule has 2 rings (SSSR count). The molecule has 0 radical (unpaired) electrons. The van der Waals surface area contributed by atoms with Crippen molar-refractivity contribution in [1.82, 2.24) is 4.98 Å². The maximum atomic E-state index is 10.2. The van der Waals surface area contributed by atoms with Crippen LogP contribution in [0.4, 0.5) is 0 Å². The molecule has 90 valence electrons. The van der Waals surface area contributed by atoms with Gasteiger partial charge in [-0.2, -0.15) is 0 Å². The molecule has 0 bridgehead atoms. The molecule has 0 fully saturated rings. The Balaban J connectivity index is 2.19. The van der Waals surface area contributed by atoms with Crippen LogP contribution in [0.5, 0.6) is 0 Å². The Hall–Kier alpha value is -0.900. The monoisotopic (exact) mass is 267 g/mol. The number of nitrogens with zero attached hydrogens (tertiary/aromatic N) is 1. The van der Waals surface area contributed by atoms with Gasteiger partial charge in [0.05, 0.1) is 11.1 Å². The highest BCUT2D eigenvalue weighted by atomic mass is 35.5. The van der Waals surface area contributed by atoms with Crippen LogP contribution in [0.25, 0.3) is 0 Å². The minimum Gasteiger partial charge on any atom is -0.388 e. The summed E-state index contributed by atoms with van der Waals surface area (Å²) in [5, 5.41) is 13.8. The van der Waals surface area contributed by atoms with E-state index < -0.39 is 6.10 Å². The standard InChI is InChI=1S/C13H14ClNOS/c1-8-3-4-10(14)5-11(8)12(16)6-13-15-9(2)7-17-13/h3-5,7,12,16H,6H2,1-2H3. The van der Waals surface area contributed by atoms with Crippen LogP contribution in [0, 0.1) is 13.8 Å². The van der Waals surface area contributed by atoms with Crippen molar-refractivity contribution < 1.29 is 5.11 Å². The van der Waals surface area contributed by atoms with Gasteiger partial charge in [0.15, 0.2) is 0 Å². The molecule has 1 unspecified atom stereocenters. The number of hydrogen-bond acceptors (Lipinski definition) is 3. The van der Waals surface area contributed by atoms with Crippen LogP contribution in [0.1, 0.15) is 27.9 Å². The van der Waals surface area contributed by atoms with E-state index in [4.69, 9.17) is 11.6 Å². The Bertz CT molecular complexity index is 524. The van der Waals surface area contributed by atoms with Gasteiger partial charge in [-0.15, -0.1) is 11.3 Å². The number of benzene rings is 1. The van der Waals surface area contributed by atoms with Crippen molar-refractivity contribution in [3.8, 4) is 0 Å². The molecule has 0 spiro atoms. The molecule has 0 amide bonds. The van der Waals surface area contributed by atoms with E-state index in [1.165, 1.54) is 0 Å². The zero-order valence-corrected chi connectivity index (χ0v) is 11.3. The second kappa shape index (κ2) is 5.17. The topological polar surface area (TPSA) is 33.1 Å². The van der Waals surface area contributed by atoms with Gasteiger partial charge in [-0.3, -0.25) is 0 Å². The Morgan fingerprint density at radius 2 is 2.18 bits per heavy atom. The molecular weight excluding hydrogens is 254 g/mol. The maximum absolute atomic E-state index is 10.2. The smallest absolute Gasteiger partial charge is 0.0957 e. The van der Waals surface area contributed by atoms with Gasteiger partial charge >= 0.3 is 0 Å². The molecule has 4 heteroatoms. The zero-order chi connectivity index (χ0) is 12.4. The SMILES string of the molecule is Cc1csc(CC(O)c2cc(Cl)ccc2C)n1. The largest absolute Gasteiger partial charge is 0.388 e. The summed E-state index contributed by atoms with van der Waals surface area (Å²) in [5.74, 6) is 0. The summed E-state index contributed by atoms with van der Waals surface area (Å²) in [5.41, 5.74) is 2.93. The second-order valence-electron chi connectivity index (χ2n) is 4.10. The number of thiazole rings is 1. The van der Waals surface area contributed by atoms with E-state index in [0.29, 0.717) is 11.4 Å². The Labute approximate surface area is 110 Å². The molecule has 0 aliphatic carbocycles. The van der Waals surface area contributed by atoms with E-state index in [9.17, 15) is 5.11 Å². The first kappa shape index (κ1) is 12.6. The predicted molar refractivity (Wildman–Crippen MR) is 71.7 cm³/mol. The highest BCUT2D eigenvalue weighted by Crippen LogP contribution is 2.25. The van der Waals surface area contributed by atoms with Gasteiger partial charge in [0.2, 0.25) is 0 Å². The molecule has 1 aromatic carbocycles. The van der Waals surface area contributed by atoms with Gasteiger partial charge in [-0.25, -0.2) is 4.98 Å². The highest BCUT2D eigenvalue weighted by molar-refractivity contribution is 7.09. The number of aliphatic hydroxyl groups is 1. The summed E-state index contributed by atoms with van der Waals surface area (Å²) < 4.78 is 0. The quantitative estimate of drug-likeness (QED) is 0.920. The van der Waals surface area contributed by atoms with Crippen molar-refractivity contribution in [1.29, 1.82) is 0 Å². The zero-order valence-electron chi connectivity index (χ0n) is 9.77. The second-order valence-corrected chi connectivity index (χ2v) is 5.48. The number of aromatic nitrogens is 1. The molecule has 17 heavy (non-hydrogen) atoms. The molecule has 0 aliphatic heterocycles. The van der Waals surface area contributed by atoms with Gasteiger partial charge in [-0.1, -0.05) is 17.7 Å². The van der Waals surface area contributed by atoms with E-state index in [0.717, 1.165) is 21.8 Å². The van der Waals surface area contributed by atoms with Crippen LogP contribution in [-0.2, 0) is 6.42 Å². The number of hydrogen-bond donors (Lipinski definition) is 1. The van der Waals surface area contributed by atoms with Crippen molar-refractivity contribution in [2.24, 2.45) is 0 Å². The minimum absolute atomic E-state index is 0.541. The van der Waals surface area contributed by atoms with E-state index in [1.54, 1.807) is 11.3 Å². The van der Waals surface area contributed by atoms with Crippen molar-refractivity contribution in [2.45, 2.75) is 26.4 Å².